The molecule has 0 saturated heterocycles. The van der Waals surface area contributed by atoms with Crippen molar-refractivity contribution in [3.05, 3.63) is 0 Å². The van der Waals surface area contributed by atoms with Crippen LogP contribution in [0.15, 0.2) is 0 Å². The zero-order valence-corrected chi connectivity index (χ0v) is 10.0. The number of aliphatic hydroxyl groups is 1. The second-order valence-electron chi connectivity index (χ2n) is 5.67. The maximum atomic E-state index is 10.8. The number of rotatable bonds is 2. The Hall–Kier alpha value is -0.0800. The van der Waals surface area contributed by atoms with E-state index in [2.05, 4.69) is 27.7 Å². The molecule has 0 radical (unpaired) electrons. The van der Waals surface area contributed by atoms with Crippen LogP contribution in [-0.2, 0) is 0 Å². The minimum absolute atomic E-state index is 0.166. The second kappa shape index (κ2) is 3.82. The largest absolute Gasteiger partial charge is 0.389 e. The Bertz CT molecular complexity index is 202. The molecule has 0 aromatic carbocycles. The molecule has 0 amide bonds. The fourth-order valence-electron chi connectivity index (χ4n) is 2.77. The molecule has 1 fully saturated rings. The summed E-state index contributed by atoms with van der Waals surface area (Å²) in [5.74, 6) is 0.967. The third kappa shape index (κ3) is 1.70. The van der Waals surface area contributed by atoms with Crippen molar-refractivity contribution in [1.29, 1.82) is 0 Å². The Labute approximate surface area is 87.9 Å². The van der Waals surface area contributed by atoms with Crippen molar-refractivity contribution in [1.82, 2.24) is 0 Å². The first-order valence-electron chi connectivity index (χ1n) is 5.77. The average Bonchev–Trinajstić information content (AvgIpc) is 2.14. The Morgan fingerprint density at radius 2 is 2.00 bits per heavy atom. The SMILES string of the molecule is CC1CCCC(O)(C(C)(C)CN)C1C. The maximum absolute atomic E-state index is 10.8. The van der Waals surface area contributed by atoms with Gasteiger partial charge in [-0.15, -0.1) is 0 Å². The molecule has 1 rings (SSSR count). The summed E-state index contributed by atoms with van der Waals surface area (Å²) in [6.45, 7) is 9.13. The van der Waals surface area contributed by atoms with E-state index in [0.717, 1.165) is 12.8 Å². The number of hydrogen-bond acceptors (Lipinski definition) is 2. The highest BCUT2D eigenvalue weighted by Crippen LogP contribution is 2.47. The molecule has 3 atom stereocenters. The van der Waals surface area contributed by atoms with Gasteiger partial charge >= 0.3 is 0 Å². The minimum atomic E-state index is -0.570. The van der Waals surface area contributed by atoms with E-state index in [0.29, 0.717) is 18.4 Å². The van der Waals surface area contributed by atoms with E-state index >= 15 is 0 Å². The Morgan fingerprint density at radius 1 is 1.43 bits per heavy atom. The first-order valence-corrected chi connectivity index (χ1v) is 5.77. The molecule has 2 heteroatoms. The predicted octanol–water partition coefficient (Wildman–Crippen LogP) is 2.16. The predicted molar refractivity (Wildman–Crippen MR) is 60.0 cm³/mol. The Kier molecular flexibility index (Phi) is 3.27. The van der Waals surface area contributed by atoms with Crippen LogP contribution in [0.5, 0.6) is 0 Å². The molecule has 0 aliphatic heterocycles. The first kappa shape index (κ1) is 12.0. The zero-order valence-electron chi connectivity index (χ0n) is 10.0. The van der Waals surface area contributed by atoms with Gasteiger partial charge in [-0.3, -0.25) is 0 Å². The van der Waals surface area contributed by atoms with E-state index in [1.165, 1.54) is 6.42 Å². The lowest BCUT2D eigenvalue weighted by Gasteiger charge is -2.51. The summed E-state index contributed by atoms with van der Waals surface area (Å²) in [6, 6.07) is 0. The first-order chi connectivity index (χ1) is 6.35. The highest BCUT2D eigenvalue weighted by molar-refractivity contribution is 5.01. The van der Waals surface area contributed by atoms with E-state index < -0.39 is 5.60 Å². The number of hydrogen-bond donors (Lipinski definition) is 2. The Balaban J connectivity index is 2.91. The van der Waals surface area contributed by atoms with Crippen LogP contribution in [0.2, 0.25) is 0 Å². The highest BCUT2D eigenvalue weighted by atomic mass is 16.3. The fourth-order valence-corrected chi connectivity index (χ4v) is 2.77. The molecule has 0 aromatic heterocycles. The summed E-state index contributed by atoms with van der Waals surface area (Å²) < 4.78 is 0. The van der Waals surface area contributed by atoms with Gasteiger partial charge in [-0.1, -0.05) is 40.5 Å². The quantitative estimate of drug-likeness (QED) is 0.716. The van der Waals surface area contributed by atoms with Crippen LogP contribution >= 0.6 is 0 Å². The van der Waals surface area contributed by atoms with Gasteiger partial charge in [0.1, 0.15) is 0 Å². The molecule has 0 bridgehead atoms. The zero-order chi connectivity index (χ0) is 11.0. The number of nitrogens with two attached hydrogens (primary N) is 1. The van der Waals surface area contributed by atoms with Crippen LogP contribution in [0.25, 0.3) is 0 Å². The molecular formula is C12H25NO. The molecule has 2 nitrogen and oxygen atoms in total. The van der Waals surface area contributed by atoms with Gasteiger partial charge < -0.3 is 10.8 Å². The highest BCUT2D eigenvalue weighted by Gasteiger charge is 2.49. The van der Waals surface area contributed by atoms with Crippen LogP contribution in [0, 0.1) is 17.3 Å². The van der Waals surface area contributed by atoms with Crippen molar-refractivity contribution in [2.24, 2.45) is 23.0 Å². The van der Waals surface area contributed by atoms with Gasteiger partial charge in [0.05, 0.1) is 5.60 Å². The molecule has 84 valence electrons. The lowest BCUT2D eigenvalue weighted by Crippen LogP contribution is -2.56. The van der Waals surface area contributed by atoms with Gasteiger partial charge in [0.2, 0.25) is 0 Å². The van der Waals surface area contributed by atoms with Gasteiger partial charge in [-0.25, -0.2) is 0 Å². The molecule has 0 spiro atoms. The molecule has 0 aromatic rings. The summed E-state index contributed by atoms with van der Waals surface area (Å²) in [6.07, 6.45) is 3.28. The van der Waals surface area contributed by atoms with Crippen molar-refractivity contribution in [3.63, 3.8) is 0 Å². The van der Waals surface area contributed by atoms with Crippen LogP contribution in [-0.4, -0.2) is 17.3 Å². The van der Waals surface area contributed by atoms with E-state index in [4.69, 9.17) is 5.73 Å². The summed E-state index contributed by atoms with van der Waals surface area (Å²) in [7, 11) is 0. The molecule has 0 heterocycles. The van der Waals surface area contributed by atoms with Crippen molar-refractivity contribution >= 4 is 0 Å². The van der Waals surface area contributed by atoms with E-state index in [1.807, 2.05) is 0 Å². The third-order valence-electron chi connectivity index (χ3n) is 4.51. The van der Waals surface area contributed by atoms with Crippen LogP contribution in [0.3, 0.4) is 0 Å². The van der Waals surface area contributed by atoms with Crippen LogP contribution in [0.1, 0.15) is 47.0 Å². The Morgan fingerprint density at radius 3 is 2.50 bits per heavy atom. The van der Waals surface area contributed by atoms with Gasteiger partial charge in [0.15, 0.2) is 0 Å². The van der Waals surface area contributed by atoms with E-state index in [1.54, 1.807) is 0 Å². The summed E-state index contributed by atoms with van der Waals surface area (Å²) in [5, 5.41) is 10.8. The minimum Gasteiger partial charge on any atom is -0.389 e. The fraction of sp³-hybridized carbons (Fsp3) is 1.00. The molecule has 3 N–H and O–H groups in total. The van der Waals surface area contributed by atoms with Crippen molar-refractivity contribution in [2.75, 3.05) is 6.54 Å². The van der Waals surface area contributed by atoms with Crippen molar-refractivity contribution < 1.29 is 5.11 Å². The summed E-state index contributed by atoms with van der Waals surface area (Å²) in [4.78, 5) is 0. The summed E-state index contributed by atoms with van der Waals surface area (Å²) >= 11 is 0. The smallest absolute Gasteiger partial charge is 0.0738 e. The van der Waals surface area contributed by atoms with Crippen molar-refractivity contribution in [2.45, 2.75) is 52.6 Å². The van der Waals surface area contributed by atoms with Crippen molar-refractivity contribution in [3.8, 4) is 0 Å². The van der Waals surface area contributed by atoms with Gasteiger partial charge in [-0.05, 0) is 18.3 Å². The third-order valence-corrected chi connectivity index (χ3v) is 4.51. The van der Waals surface area contributed by atoms with Crippen LogP contribution in [0.4, 0.5) is 0 Å². The normalized spacial score (nSPS) is 39.9. The monoisotopic (exact) mass is 199 g/mol. The summed E-state index contributed by atoms with van der Waals surface area (Å²) in [5.41, 5.74) is 5.03. The van der Waals surface area contributed by atoms with Crippen LogP contribution < -0.4 is 5.73 Å². The lowest BCUT2D eigenvalue weighted by atomic mass is 9.59. The molecule has 1 saturated carbocycles. The topological polar surface area (TPSA) is 46.2 Å². The molecular weight excluding hydrogens is 174 g/mol. The molecule has 1 aliphatic rings. The molecule has 1 aliphatic carbocycles. The maximum Gasteiger partial charge on any atom is 0.0738 e. The second-order valence-corrected chi connectivity index (χ2v) is 5.67. The van der Waals surface area contributed by atoms with Gasteiger partial charge in [0.25, 0.3) is 0 Å². The van der Waals surface area contributed by atoms with Gasteiger partial charge in [0, 0.05) is 12.0 Å². The molecule has 14 heavy (non-hydrogen) atoms. The lowest BCUT2D eigenvalue weighted by molar-refractivity contribution is -0.140. The van der Waals surface area contributed by atoms with E-state index in [-0.39, 0.29) is 5.41 Å². The molecule has 3 unspecified atom stereocenters. The standard InChI is InChI=1S/C12H25NO/c1-9-6-5-7-12(14,10(9)2)11(3,4)8-13/h9-10,14H,5-8,13H2,1-4H3. The average molecular weight is 199 g/mol. The van der Waals surface area contributed by atoms with Gasteiger partial charge in [-0.2, -0.15) is 0 Å². The van der Waals surface area contributed by atoms with E-state index in [9.17, 15) is 5.11 Å².